The molecule has 0 amide bonds. The first-order chi connectivity index (χ1) is 5.56. The fourth-order valence-electron chi connectivity index (χ4n) is 0.564. The normalized spacial score (nSPS) is 10.2. The van der Waals surface area contributed by atoms with Crippen LogP contribution in [0, 0.1) is 0 Å². The zero-order valence-corrected chi connectivity index (χ0v) is 14.0. The second-order valence-corrected chi connectivity index (χ2v) is 3.53. The Bertz CT molecular complexity index is 151. The summed E-state index contributed by atoms with van der Waals surface area (Å²) in [5.74, 6) is 0. The molecule has 0 aliphatic carbocycles. The number of rotatable bonds is 7. The van der Waals surface area contributed by atoms with Gasteiger partial charge in [-0.25, -0.2) is 4.57 Å². The summed E-state index contributed by atoms with van der Waals surface area (Å²) in [6, 6.07) is 0. The van der Waals surface area contributed by atoms with Crippen LogP contribution in [0.5, 0.6) is 0 Å². The van der Waals surface area contributed by atoms with Crippen molar-refractivity contribution in [2.75, 3.05) is 19.8 Å². The van der Waals surface area contributed by atoms with E-state index in [2.05, 4.69) is 4.52 Å². The molecule has 0 aromatic carbocycles. The van der Waals surface area contributed by atoms with Gasteiger partial charge in [-0.15, -0.1) is 0 Å². The molecular formula is C6H15Na2O5P. The average Bonchev–Trinajstić information content (AvgIpc) is 1.94. The number of hydrogen-bond acceptors (Lipinski definition) is 3. The number of phosphoric ester groups is 1. The molecule has 0 aromatic rings. The number of phosphoric acid groups is 1. The molecule has 14 heavy (non-hydrogen) atoms. The fraction of sp³-hybridized carbons (Fsp3) is 1.00. The molecule has 0 heterocycles. The summed E-state index contributed by atoms with van der Waals surface area (Å²) in [6.07, 6.45) is 2.00. The predicted molar refractivity (Wildman–Crippen MR) is 55.2 cm³/mol. The molecule has 0 saturated carbocycles. The van der Waals surface area contributed by atoms with Crippen LogP contribution in [-0.4, -0.2) is 88.7 Å². The molecule has 0 bridgehead atoms. The van der Waals surface area contributed by atoms with Crippen LogP contribution in [0.1, 0.15) is 19.8 Å². The monoisotopic (exact) mass is 244 g/mol. The van der Waals surface area contributed by atoms with E-state index >= 15 is 0 Å². The van der Waals surface area contributed by atoms with Gasteiger partial charge >= 0.3 is 7.82 Å². The zero-order valence-electron chi connectivity index (χ0n) is 9.10. The van der Waals surface area contributed by atoms with Crippen molar-refractivity contribution in [3.05, 3.63) is 0 Å². The van der Waals surface area contributed by atoms with E-state index in [1.807, 2.05) is 6.92 Å². The third-order valence-electron chi connectivity index (χ3n) is 1.13. The minimum Gasteiger partial charge on any atom is -0.379 e. The quantitative estimate of drug-likeness (QED) is 0.379. The Morgan fingerprint density at radius 1 is 1.14 bits per heavy atom. The summed E-state index contributed by atoms with van der Waals surface area (Å²) in [6.45, 7) is 2.82. The van der Waals surface area contributed by atoms with Crippen molar-refractivity contribution < 1.29 is 23.6 Å². The summed E-state index contributed by atoms with van der Waals surface area (Å²) < 4.78 is 19.3. The molecule has 0 saturated heterocycles. The SMILES string of the molecule is CCCCOCCOP(=O)(O)O.[Na].[Na]. The van der Waals surface area contributed by atoms with Crippen LogP contribution in [0.25, 0.3) is 0 Å². The Hall–Kier alpha value is 2.07. The zero-order chi connectivity index (χ0) is 9.45. The molecule has 0 rings (SSSR count). The standard InChI is InChI=1S/C6H15O5P.2Na/c1-2-3-4-10-5-6-11-12(7,8)9;;/h2-6H2,1H3,(H2,7,8,9);;. The Balaban J connectivity index is -0.000000605. The summed E-state index contributed by atoms with van der Waals surface area (Å²) in [4.78, 5) is 16.5. The maximum atomic E-state index is 10.1. The van der Waals surface area contributed by atoms with Gasteiger partial charge in [-0.2, -0.15) is 0 Å². The number of unbranched alkanes of at least 4 members (excludes halogenated alkanes) is 1. The molecule has 5 nitrogen and oxygen atoms in total. The van der Waals surface area contributed by atoms with E-state index in [1.54, 1.807) is 0 Å². The Labute approximate surface area is 129 Å². The molecule has 76 valence electrons. The summed E-state index contributed by atoms with van der Waals surface area (Å²) >= 11 is 0. The number of ether oxygens (including phenoxy) is 1. The van der Waals surface area contributed by atoms with E-state index in [9.17, 15) is 4.57 Å². The molecule has 0 aromatic heterocycles. The van der Waals surface area contributed by atoms with E-state index in [4.69, 9.17) is 14.5 Å². The summed E-state index contributed by atoms with van der Waals surface area (Å²) in [7, 11) is -4.30. The van der Waals surface area contributed by atoms with Crippen LogP contribution in [-0.2, 0) is 13.8 Å². The molecule has 0 unspecified atom stereocenters. The number of hydrogen-bond donors (Lipinski definition) is 2. The van der Waals surface area contributed by atoms with Gasteiger partial charge in [0.2, 0.25) is 0 Å². The van der Waals surface area contributed by atoms with Crippen molar-refractivity contribution in [1.82, 2.24) is 0 Å². The molecule has 0 spiro atoms. The van der Waals surface area contributed by atoms with Crippen molar-refractivity contribution >= 4 is 66.9 Å². The van der Waals surface area contributed by atoms with E-state index in [1.165, 1.54) is 0 Å². The van der Waals surface area contributed by atoms with Gasteiger partial charge in [0.05, 0.1) is 13.2 Å². The summed E-state index contributed by atoms with van der Waals surface area (Å²) in [5.41, 5.74) is 0. The van der Waals surface area contributed by atoms with Crippen LogP contribution >= 0.6 is 7.82 Å². The molecular weight excluding hydrogens is 229 g/mol. The first-order valence-corrected chi connectivity index (χ1v) is 5.37. The first kappa shape index (κ1) is 21.4. The van der Waals surface area contributed by atoms with Gasteiger partial charge < -0.3 is 14.5 Å². The minimum absolute atomic E-state index is 0. The van der Waals surface area contributed by atoms with Gasteiger partial charge in [-0.3, -0.25) is 4.52 Å². The minimum atomic E-state index is -4.30. The largest absolute Gasteiger partial charge is 0.469 e. The van der Waals surface area contributed by atoms with Crippen molar-refractivity contribution in [3.63, 3.8) is 0 Å². The molecule has 0 aliphatic rings. The van der Waals surface area contributed by atoms with Crippen molar-refractivity contribution in [1.29, 1.82) is 0 Å². The third kappa shape index (κ3) is 19.6. The summed E-state index contributed by atoms with van der Waals surface area (Å²) in [5, 5.41) is 0. The van der Waals surface area contributed by atoms with E-state index in [-0.39, 0.29) is 72.3 Å². The third-order valence-corrected chi connectivity index (χ3v) is 1.65. The molecule has 2 radical (unpaired) electrons. The van der Waals surface area contributed by atoms with Gasteiger partial charge in [0, 0.05) is 65.7 Å². The first-order valence-electron chi connectivity index (χ1n) is 3.84. The van der Waals surface area contributed by atoms with Crippen LogP contribution in [0.3, 0.4) is 0 Å². The van der Waals surface area contributed by atoms with Crippen molar-refractivity contribution in [2.24, 2.45) is 0 Å². The Morgan fingerprint density at radius 3 is 2.14 bits per heavy atom. The topological polar surface area (TPSA) is 76.0 Å². The van der Waals surface area contributed by atoms with Gasteiger partial charge in [0.1, 0.15) is 0 Å². The van der Waals surface area contributed by atoms with Gasteiger partial charge in [-0.1, -0.05) is 13.3 Å². The van der Waals surface area contributed by atoms with Crippen LogP contribution in [0.2, 0.25) is 0 Å². The molecule has 8 heteroatoms. The van der Waals surface area contributed by atoms with Crippen LogP contribution < -0.4 is 0 Å². The fourth-order valence-corrected chi connectivity index (χ4v) is 0.876. The molecule has 0 atom stereocenters. The van der Waals surface area contributed by atoms with Crippen LogP contribution in [0.4, 0.5) is 0 Å². The maximum Gasteiger partial charge on any atom is 0.469 e. The Morgan fingerprint density at radius 2 is 1.71 bits per heavy atom. The maximum absolute atomic E-state index is 10.1. The second kappa shape index (κ2) is 13.1. The predicted octanol–water partition coefficient (Wildman–Crippen LogP) is 0.151. The van der Waals surface area contributed by atoms with Crippen molar-refractivity contribution in [3.8, 4) is 0 Å². The molecule has 2 N–H and O–H groups in total. The van der Waals surface area contributed by atoms with Gasteiger partial charge in [-0.05, 0) is 6.42 Å². The van der Waals surface area contributed by atoms with Gasteiger partial charge in [0.15, 0.2) is 0 Å². The van der Waals surface area contributed by atoms with E-state index in [0.717, 1.165) is 12.8 Å². The average molecular weight is 244 g/mol. The Kier molecular flexibility index (Phi) is 20.0. The molecule has 0 aliphatic heterocycles. The van der Waals surface area contributed by atoms with Gasteiger partial charge in [0.25, 0.3) is 0 Å². The molecule has 0 fully saturated rings. The van der Waals surface area contributed by atoms with Crippen LogP contribution in [0.15, 0.2) is 0 Å². The van der Waals surface area contributed by atoms with E-state index in [0.29, 0.717) is 6.61 Å². The van der Waals surface area contributed by atoms with Crippen molar-refractivity contribution in [2.45, 2.75) is 19.8 Å². The second-order valence-electron chi connectivity index (χ2n) is 2.29. The smallest absolute Gasteiger partial charge is 0.379 e. The van der Waals surface area contributed by atoms with E-state index < -0.39 is 7.82 Å².